The Hall–Kier alpha value is -2.24. The van der Waals surface area contributed by atoms with Gasteiger partial charge in [0.05, 0.1) is 5.92 Å². The van der Waals surface area contributed by atoms with E-state index >= 15 is 0 Å². The number of amides is 2. The van der Waals surface area contributed by atoms with Gasteiger partial charge in [0.15, 0.2) is 11.5 Å². The smallest absolute Gasteiger partial charge is 0.229 e. The molecule has 3 aliphatic rings. The lowest BCUT2D eigenvalue weighted by Crippen LogP contribution is -2.47. The van der Waals surface area contributed by atoms with Gasteiger partial charge in [0.25, 0.3) is 0 Å². The third-order valence-corrected chi connectivity index (χ3v) is 6.56. The van der Waals surface area contributed by atoms with Crippen LogP contribution in [-0.2, 0) is 9.59 Å². The Bertz CT molecular complexity index is 736. The third-order valence-electron chi connectivity index (χ3n) is 6.56. The van der Waals surface area contributed by atoms with Crippen molar-refractivity contribution < 1.29 is 19.1 Å². The van der Waals surface area contributed by atoms with Gasteiger partial charge < -0.3 is 19.7 Å². The molecule has 0 radical (unpaired) electrons. The Labute approximate surface area is 172 Å². The first-order valence-electron chi connectivity index (χ1n) is 11.1. The lowest BCUT2D eigenvalue weighted by atomic mass is 9.96. The first-order chi connectivity index (χ1) is 14.1. The molecule has 1 aliphatic carbocycles. The van der Waals surface area contributed by atoms with Crippen LogP contribution in [0.5, 0.6) is 11.5 Å². The van der Waals surface area contributed by atoms with E-state index in [0.717, 1.165) is 29.9 Å². The fourth-order valence-electron chi connectivity index (χ4n) is 4.75. The van der Waals surface area contributed by atoms with Gasteiger partial charge in [-0.15, -0.1) is 0 Å². The van der Waals surface area contributed by atoms with Crippen molar-refractivity contribution in [3.63, 3.8) is 0 Å². The average molecular weight is 401 g/mol. The van der Waals surface area contributed by atoms with E-state index in [1.165, 1.54) is 25.7 Å². The number of piperidine rings is 1. The molecule has 4 rings (SSSR count). The van der Waals surface area contributed by atoms with Crippen LogP contribution in [0, 0.1) is 5.92 Å². The van der Waals surface area contributed by atoms with E-state index in [0.29, 0.717) is 38.6 Å². The molecule has 29 heavy (non-hydrogen) atoms. The molecule has 0 bridgehead atoms. The van der Waals surface area contributed by atoms with Crippen LogP contribution in [0.1, 0.15) is 63.4 Å². The Balaban J connectivity index is 1.26. The van der Waals surface area contributed by atoms with Crippen LogP contribution in [-0.4, -0.2) is 49.1 Å². The molecule has 1 unspecified atom stereocenters. The van der Waals surface area contributed by atoms with E-state index in [2.05, 4.69) is 5.32 Å². The van der Waals surface area contributed by atoms with Crippen LogP contribution in [0.25, 0.3) is 0 Å². The summed E-state index contributed by atoms with van der Waals surface area (Å²) in [7, 11) is 0. The van der Waals surface area contributed by atoms with E-state index < -0.39 is 0 Å². The van der Waals surface area contributed by atoms with Gasteiger partial charge in [-0.1, -0.05) is 18.9 Å². The zero-order valence-corrected chi connectivity index (χ0v) is 17.3. The molecule has 1 aromatic carbocycles. The lowest BCUT2D eigenvalue weighted by molar-refractivity contribution is -0.133. The van der Waals surface area contributed by atoms with Crippen molar-refractivity contribution in [2.45, 2.75) is 63.8 Å². The monoisotopic (exact) mass is 400 g/mol. The standard InChI is InChI=1S/C23H32N2O4/c1-16(18-6-7-20-21(15-18)29-13-12-28-20)23(27)25-10-8-19(9-11-25)24-22(26)14-17-4-2-3-5-17/h6-7,15-17,19H,2-5,8-14H2,1H3,(H,24,26). The zero-order valence-electron chi connectivity index (χ0n) is 17.3. The maximum Gasteiger partial charge on any atom is 0.229 e. The quantitative estimate of drug-likeness (QED) is 0.824. The fourth-order valence-corrected chi connectivity index (χ4v) is 4.75. The normalized spacial score (nSPS) is 21.1. The molecule has 1 atom stereocenters. The number of rotatable bonds is 5. The lowest BCUT2D eigenvalue weighted by Gasteiger charge is -2.34. The molecular weight excluding hydrogens is 368 g/mol. The highest BCUT2D eigenvalue weighted by atomic mass is 16.6. The first-order valence-corrected chi connectivity index (χ1v) is 11.1. The number of fused-ring (bicyclic) bond motifs is 1. The van der Waals surface area contributed by atoms with Crippen LogP contribution < -0.4 is 14.8 Å². The average Bonchev–Trinajstić information content (AvgIpc) is 3.25. The molecule has 2 aliphatic heterocycles. The van der Waals surface area contributed by atoms with Gasteiger partial charge in [0.2, 0.25) is 11.8 Å². The fraction of sp³-hybridized carbons (Fsp3) is 0.652. The second-order valence-electron chi connectivity index (χ2n) is 8.65. The van der Waals surface area contributed by atoms with Crippen LogP contribution in [0.3, 0.4) is 0 Å². The zero-order chi connectivity index (χ0) is 20.2. The second-order valence-corrected chi connectivity index (χ2v) is 8.65. The summed E-state index contributed by atoms with van der Waals surface area (Å²) in [4.78, 5) is 27.2. The molecule has 2 amide bonds. The minimum atomic E-state index is -0.223. The maximum atomic E-state index is 13.0. The minimum absolute atomic E-state index is 0.136. The number of benzene rings is 1. The highest BCUT2D eigenvalue weighted by molar-refractivity contribution is 5.83. The van der Waals surface area contributed by atoms with E-state index in [1.807, 2.05) is 30.0 Å². The van der Waals surface area contributed by atoms with Gasteiger partial charge in [0, 0.05) is 25.6 Å². The van der Waals surface area contributed by atoms with Crippen LogP contribution in [0.15, 0.2) is 18.2 Å². The minimum Gasteiger partial charge on any atom is -0.486 e. The summed E-state index contributed by atoms with van der Waals surface area (Å²) >= 11 is 0. The van der Waals surface area contributed by atoms with Gasteiger partial charge >= 0.3 is 0 Å². The third kappa shape index (κ3) is 4.85. The maximum absolute atomic E-state index is 13.0. The highest BCUT2D eigenvalue weighted by Gasteiger charge is 2.29. The Morgan fingerprint density at radius 1 is 1.07 bits per heavy atom. The Morgan fingerprint density at radius 2 is 1.76 bits per heavy atom. The van der Waals surface area contributed by atoms with Crippen molar-refractivity contribution in [3.05, 3.63) is 23.8 Å². The van der Waals surface area contributed by atoms with Gasteiger partial charge in [0.1, 0.15) is 13.2 Å². The molecule has 1 aromatic rings. The highest BCUT2D eigenvalue weighted by Crippen LogP contribution is 2.34. The van der Waals surface area contributed by atoms with Crippen molar-refractivity contribution in [1.29, 1.82) is 0 Å². The van der Waals surface area contributed by atoms with Crippen LogP contribution in [0.2, 0.25) is 0 Å². The van der Waals surface area contributed by atoms with Crippen LogP contribution in [0.4, 0.5) is 0 Å². The molecule has 2 fully saturated rings. The molecule has 1 saturated carbocycles. The number of carbonyl (C=O) groups excluding carboxylic acids is 2. The molecule has 1 N–H and O–H groups in total. The first kappa shape index (κ1) is 20.0. The topological polar surface area (TPSA) is 67.9 Å². The van der Waals surface area contributed by atoms with Gasteiger partial charge in [-0.05, 0) is 56.2 Å². The summed E-state index contributed by atoms with van der Waals surface area (Å²) in [5.74, 6) is 2.14. The number of likely N-dealkylation sites (tertiary alicyclic amines) is 1. The molecule has 158 valence electrons. The predicted octanol–water partition coefficient (Wildman–Crippen LogP) is 3.25. The summed E-state index contributed by atoms with van der Waals surface area (Å²) in [5, 5.41) is 3.19. The van der Waals surface area contributed by atoms with Gasteiger partial charge in [-0.3, -0.25) is 9.59 Å². The SMILES string of the molecule is CC(C(=O)N1CCC(NC(=O)CC2CCCC2)CC1)c1ccc2c(c1)OCCO2. The molecule has 2 heterocycles. The molecule has 1 saturated heterocycles. The Kier molecular flexibility index (Phi) is 6.26. The van der Waals surface area contributed by atoms with Crippen molar-refractivity contribution in [3.8, 4) is 11.5 Å². The largest absolute Gasteiger partial charge is 0.486 e. The van der Waals surface area contributed by atoms with E-state index in [4.69, 9.17) is 9.47 Å². The van der Waals surface area contributed by atoms with Crippen molar-refractivity contribution >= 4 is 11.8 Å². The summed E-state index contributed by atoms with van der Waals surface area (Å²) in [6.45, 7) is 4.44. The summed E-state index contributed by atoms with van der Waals surface area (Å²) in [6, 6.07) is 5.95. The van der Waals surface area contributed by atoms with E-state index in [1.54, 1.807) is 0 Å². The van der Waals surface area contributed by atoms with Crippen molar-refractivity contribution in [2.24, 2.45) is 5.92 Å². The molecular formula is C23H32N2O4. The van der Waals surface area contributed by atoms with Gasteiger partial charge in [-0.2, -0.15) is 0 Å². The number of carbonyl (C=O) groups is 2. The van der Waals surface area contributed by atoms with E-state index in [-0.39, 0.29) is 23.8 Å². The van der Waals surface area contributed by atoms with Crippen LogP contribution >= 0.6 is 0 Å². The molecule has 0 aromatic heterocycles. The molecule has 6 heteroatoms. The van der Waals surface area contributed by atoms with Crippen molar-refractivity contribution in [2.75, 3.05) is 26.3 Å². The Morgan fingerprint density at radius 3 is 2.48 bits per heavy atom. The number of hydrogen-bond donors (Lipinski definition) is 1. The number of nitrogens with zero attached hydrogens (tertiary/aromatic N) is 1. The summed E-state index contributed by atoms with van der Waals surface area (Å²) < 4.78 is 11.2. The second kappa shape index (κ2) is 9.06. The number of hydrogen-bond acceptors (Lipinski definition) is 4. The summed E-state index contributed by atoms with van der Waals surface area (Å²) in [5.41, 5.74) is 0.950. The molecule has 0 spiro atoms. The van der Waals surface area contributed by atoms with E-state index in [9.17, 15) is 9.59 Å². The number of nitrogens with one attached hydrogen (secondary N) is 1. The molecule has 6 nitrogen and oxygen atoms in total. The summed E-state index contributed by atoms with van der Waals surface area (Å²) in [6.07, 6.45) is 7.24. The number of ether oxygens (including phenoxy) is 2. The predicted molar refractivity (Wildman–Crippen MR) is 110 cm³/mol. The van der Waals surface area contributed by atoms with Crippen molar-refractivity contribution in [1.82, 2.24) is 10.2 Å². The van der Waals surface area contributed by atoms with Gasteiger partial charge in [-0.25, -0.2) is 0 Å².